The van der Waals surface area contributed by atoms with Crippen molar-refractivity contribution in [2.24, 2.45) is 23.2 Å². The zero-order valence-electron chi connectivity index (χ0n) is 14.2. The summed E-state index contributed by atoms with van der Waals surface area (Å²) in [5.41, 5.74) is 0.710. The molecule has 5 rings (SSSR count). The smallest absolute Gasteiger partial charge is 0.230 e. The van der Waals surface area contributed by atoms with Crippen LogP contribution in [0.3, 0.4) is 0 Å². The van der Waals surface area contributed by atoms with Crippen molar-refractivity contribution < 1.29 is 9.53 Å². The molecule has 0 radical (unpaired) electrons. The molecule has 0 unspecified atom stereocenters. The van der Waals surface area contributed by atoms with E-state index in [0.717, 1.165) is 48.5 Å². The molecule has 0 saturated heterocycles. The molecule has 4 aliphatic rings. The molecule has 0 aromatic heterocycles. The fraction of sp³-hybridized carbons (Fsp3) is 0.650. The summed E-state index contributed by atoms with van der Waals surface area (Å²) < 4.78 is 5.85. The number of nitrogens with one attached hydrogen (secondary N) is 1. The highest BCUT2D eigenvalue weighted by Crippen LogP contribution is 2.60. The molecule has 3 heteroatoms. The molecule has 4 bridgehead atoms. The van der Waals surface area contributed by atoms with Gasteiger partial charge in [0.15, 0.2) is 0 Å². The molecule has 0 heterocycles. The first-order chi connectivity index (χ1) is 11.0. The van der Waals surface area contributed by atoms with E-state index < -0.39 is 0 Å². The number of rotatable bonds is 4. The van der Waals surface area contributed by atoms with Crippen molar-refractivity contribution in [2.45, 2.75) is 58.5 Å². The molecular formula is C20H27NO2. The largest absolute Gasteiger partial charge is 0.489 e. The highest BCUT2D eigenvalue weighted by atomic mass is 16.5. The first-order valence-electron chi connectivity index (χ1n) is 9.11. The Morgan fingerprint density at radius 3 is 2.22 bits per heavy atom. The summed E-state index contributed by atoms with van der Waals surface area (Å²) in [7, 11) is 0. The van der Waals surface area contributed by atoms with Crippen LogP contribution in [0.25, 0.3) is 0 Å². The summed E-state index contributed by atoms with van der Waals surface area (Å²) in [6.45, 7) is 4.02. The van der Waals surface area contributed by atoms with Gasteiger partial charge in [-0.25, -0.2) is 0 Å². The van der Waals surface area contributed by atoms with Crippen LogP contribution in [0.5, 0.6) is 5.75 Å². The van der Waals surface area contributed by atoms with E-state index in [1.165, 1.54) is 19.3 Å². The summed E-state index contributed by atoms with van der Waals surface area (Å²) in [5, 5.41) is 3.21. The lowest BCUT2D eigenvalue weighted by molar-refractivity contribution is -0.140. The van der Waals surface area contributed by atoms with Gasteiger partial charge in [-0.2, -0.15) is 0 Å². The summed E-state index contributed by atoms with van der Waals surface area (Å²) in [6.07, 6.45) is 7.47. The molecule has 1 amide bonds. The number of hydrogen-bond acceptors (Lipinski definition) is 2. The number of carbonyl (C=O) groups excluding carboxylic acids is 1. The van der Waals surface area contributed by atoms with E-state index in [-0.39, 0.29) is 17.4 Å². The van der Waals surface area contributed by atoms with Crippen LogP contribution in [-0.4, -0.2) is 12.0 Å². The van der Waals surface area contributed by atoms with E-state index in [0.29, 0.717) is 0 Å². The molecule has 0 atom stereocenters. The van der Waals surface area contributed by atoms with Gasteiger partial charge in [0.1, 0.15) is 5.75 Å². The van der Waals surface area contributed by atoms with Crippen molar-refractivity contribution in [3.63, 3.8) is 0 Å². The molecule has 0 aliphatic heterocycles. The van der Waals surface area contributed by atoms with Gasteiger partial charge in [0, 0.05) is 0 Å². The van der Waals surface area contributed by atoms with Crippen molar-refractivity contribution in [2.75, 3.05) is 5.32 Å². The number of carbonyl (C=O) groups is 1. The molecule has 23 heavy (non-hydrogen) atoms. The van der Waals surface area contributed by atoms with Gasteiger partial charge in [-0.05, 0) is 82.3 Å². The van der Waals surface area contributed by atoms with Gasteiger partial charge in [-0.15, -0.1) is 0 Å². The van der Waals surface area contributed by atoms with Crippen LogP contribution in [0.2, 0.25) is 0 Å². The Bertz CT molecular complexity index is 572. The van der Waals surface area contributed by atoms with Gasteiger partial charge >= 0.3 is 0 Å². The van der Waals surface area contributed by atoms with Gasteiger partial charge in [-0.3, -0.25) is 4.79 Å². The first-order valence-corrected chi connectivity index (χ1v) is 9.11. The Labute approximate surface area is 138 Å². The zero-order chi connectivity index (χ0) is 16.0. The third-order valence-corrected chi connectivity index (χ3v) is 6.02. The Hall–Kier alpha value is -1.51. The zero-order valence-corrected chi connectivity index (χ0v) is 14.2. The molecule has 4 fully saturated rings. The van der Waals surface area contributed by atoms with Crippen LogP contribution in [0.4, 0.5) is 5.69 Å². The number of hydrogen-bond donors (Lipinski definition) is 1. The van der Waals surface area contributed by atoms with Crippen molar-refractivity contribution in [3.05, 3.63) is 24.3 Å². The predicted molar refractivity (Wildman–Crippen MR) is 91.4 cm³/mol. The summed E-state index contributed by atoms with van der Waals surface area (Å²) in [6, 6.07) is 7.81. The van der Waals surface area contributed by atoms with Crippen LogP contribution in [0.15, 0.2) is 24.3 Å². The second-order valence-electron chi connectivity index (χ2n) is 8.31. The number of anilines is 1. The number of benzene rings is 1. The summed E-state index contributed by atoms with van der Waals surface area (Å²) in [5.74, 6) is 3.37. The number of amides is 1. The minimum Gasteiger partial charge on any atom is -0.489 e. The van der Waals surface area contributed by atoms with Gasteiger partial charge in [0.2, 0.25) is 5.91 Å². The highest BCUT2D eigenvalue weighted by Gasteiger charge is 2.54. The maximum absolute atomic E-state index is 13.1. The van der Waals surface area contributed by atoms with E-state index in [1.54, 1.807) is 0 Å². The second kappa shape index (κ2) is 5.54. The molecular weight excluding hydrogens is 286 g/mol. The lowest BCUT2D eigenvalue weighted by atomic mass is 9.49. The topological polar surface area (TPSA) is 38.3 Å². The van der Waals surface area contributed by atoms with E-state index in [4.69, 9.17) is 4.74 Å². The van der Waals surface area contributed by atoms with E-state index in [1.807, 2.05) is 38.1 Å². The number of ether oxygens (including phenoxy) is 1. The van der Waals surface area contributed by atoms with Gasteiger partial charge < -0.3 is 10.1 Å². The Morgan fingerprint density at radius 1 is 1.09 bits per heavy atom. The van der Waals surface area contributed by atoms with E-state index in [9.17, 15) is 4.79 Å². The molecule has 0 spiro atoms. The maximum Gasteiger partial charge on any atom is 0.230 e. The van der Waals surface area contributed by atoms with E-state index >= 15 is 0 Å². The Kier molecular flexibility index (Phi) is 3.62. The fourth-order valence-electron chi connectivity index (χ4n) is 5.57. The molecule has 3 nitrogen and oxygen atoms in total. The van der Waals surface area contributed by atoms with Crippen LogP contribution in [0.1, 0.15) is 52.4 Å². The standard InChI is InChI=1S/C20H27NO2/c1-13(2)23-18-6-4-3-5-17(18)21-19(22)20-10-14-7-15(11-20)9-16(8-14)12-20/h3-6,13-16H,7-12H2,1-2H3,(H,21,22). The normalized spacial score (nSPS) is 34.7. The first kappa shape index (κ1) is 15.0. The molecule has 4 saturated carbocycles. The third-order valence-electron chi connectivity index (χ3n) is 6.02. The fourth-order valence-corrected chi connectivity index (χ4v) is 5.57. The predicted octanol–water partition coefficient (Wildman–Crippen LogP) is 4.63. The monoisotopic (exact) mass is 313 g/mol. The van der Waals surface area contributed by atoms with E-state index in [2.05, 4.69) is 5.32 Å². The van der Waals surface area contributed by atoms with Crippen molar-refractivity contribution in [3.8, 4) is 5.75 Å². The van der Waals surface area contributed by atoms with Gasteiger partial charge in [0.05, 0.1) is 17.2 Å². The third kappa shape index (κ3) is 2.75. The molecule has 124 valence electrons. The molecule has 1 N–H and O–H groups in total. The molecule has 4 aliphatic carbocycles. The lowest BCUT2D eigenvalue weighted by Crippen LogP contribution is -2.51. The average Bonchev–Trinajstić information content (AvgIpc) is 2.47. The maximum atomic E-state index is 13.1. The number of para-hydroxylation sites is 2. The SMILES string of the molecule is CC(C)Oc1ccccc1NC(=O)C12CC3CC(CC(C3)C1)C2. The van der Waals surface area contributed by atoms with Gasteiger partial charge in [0.25, 0.3) is 0 Å². The lowest BCUT2D eigenvalue weighted by Gasteiger charge is -2.55. The Balaban J connectivity index is 1.55. The minimum atomic E-state index is -0.111. The summed E-state index contributed by atoms with van der Waals surface area (Å²) in [4.78, 5) is 13.1. The van der Waals surface area contributed by atoms with Crippen molar-refractivity contribution in [1.82, 2.24) is 0 Å². The molecule has 1 aromatic rings. The van der Waals surface area contributed by atoms with Crippen LogP contribution >= 0.6 is 0 Å². The van der Waals surface area contributed by atoms with Crippen LogP contribution < -0.4 is 10.1 Å². The average molecular weight is 313 g/mol. The second-order valence-corrected chi connectivity index (χ2v) is 8.31. The minimum absolute atomic E-state index is 0.104. The van der Waals surface area contributed by atoms with Crippen LogP contribution in [-0.2, 0) is 4.79 Å². The van der Waals surface area contributed by atoms with Gasteiger partial charge in [-0.1, -0.05) is 12.1 Å². The van der Waals surface area contributed by atoms with Crippen molar-refractivity contribution in [1.29, 1.82) is 0 Å². The molecule has 1 aromatic carbocycles. The summed E-state index contributed by atoms with van der Waals surface area (Å²) >= 11 is 0. The Morgan fingerprint density at radius 2 is 1.65 bits per heavy atom. The van der Waals surface area contributed by atoms with Crippen LogP contribution in [0, 0.1) is 23.2 Å². The van der Waals surface area contributed by atoms with Crippen molar-refractivity contribution >= 4 is 11.6 Å². The quantitative estimate of drug-likeness (QED) is 0.880. The highest BCUT2D eigenvalue weighted by molar-refractivity contribution is 5.96.